The van der Waals surface area contributed by atoms with Gasteiger partial charge in [0.2, 0.25) is 0 Å². The number of amides is 1. The third kappa shape index (κ3) is 3.44. The van der Waals surface area contributed by atoms with Crippen LogP contribution >= 0.6 is 0 Å². The first-order valence-electron chi connectivity index (χ1n) is 6.47. The lowest BCUT2D eigenvalue weighted by Gasteiger charge is -2.06. The number of aromatic carboxylic acids is 1. The van der Waals surface area contributed by atoms with Gasteiger partial charge in [-0.25, -0.2) is 9.48 Å². The molecule has 21 heavy (non-hydrogen) atoms. The Balaban J connectivity index is 1.90. The van der Waals surface area contributed by atoms with Crippen LogP contribution in [0.1, 0.15) is 33.6 Å². The summed E-state index contributed by atoms with van der Waals surface area (Å²) in [5.41, 5.74) is 1.16. The van der Waals surface area contributed by atoms with E-state index in [0.29, 0.717) is 25.3 Å². The molecule has 0 unspecified atom stereocenters. The van der Waals surface area contributed by atoms with Crippen molar-refractivity contribution in [1.29, 1.82) is 0 Å². The maximum absolute atomic E-state index is 12.0. The van der Waals surface area contributed by atoms with E-state index in [1.54, 1.807) is 10.7 Å². The summed E-state index contributed by atoms with van der Waals surface area (Å²) >= 11 is 0. The van der Waals surface area contributed by atoms with Crippen LogP contribution in [0.4, 0.5) is 0 Å². The molecule has 0 aliphatic heterocycles. The smallest absolute Gasteiger partial charge is 0.358 e. The lowest BCUT2D eigenvalue weighted by molar-refractivity contribution is 0.0690. The van der Waals surface area contributed by atoms with Gasteiger partial charge < -0.3 is 10.4 Å². The molecule has 2 N–H and O–H groups in total. The van der Waals surface area contributed by atoms with Gasteiger partial charge in [-0.15, -0.1) is 5.10 Å². The molecule has 0 aliphatic rings. The van der Waals surface area contributed by atoms with Gasteiger partial charge in [0.15, 0.2) is 5.69 Å². The monoisotopic (exact) mass is 292 g/mol. The van der Waals surface area contributed by atoms with Gasteiger partial charge in [-0.05, 0) is 19.9 Å². The maximum Gasteiger partial charge on any atom is 0.358 e. The molecule has 0 radical (unpaired) electrons. The van der Waals surface area contributed by atoms with Crippen molar-refractivity contribution in [3.8, 4) is 0 Å². The minimum atomic E-state index is -1.13. The fourth-order valence-electron chi connectivity index (χ4n) is 1.85. The van der Waals surface area contributed by atoms with Gasteiger partial charge in [0.1, 0.15) is 5.69 Å². The molecular weight excluding hydrogens is 276 g/mol. The highest BCUT2D eigenvalue weighted by molar-refractivity contribution is 5.92. The number of carbonyl (C=O) groups excluding carboxylic acids is 1. The van der Waals surface area contributed by atoms with E-state index in [9.17, 15) is 9.59 Å². The van der Waals surface area contributed by atoms with Crippen LogP contribution in [0.25, 0.3) is 0 Å². The van der Waals surface area contributed by atoms with Crippen LogP contribution in [-0.2, 0) is 13.1 Å². The number of hydrogen-bond donors (Lipinski definition) is 2. The number of hydrogen-bond acceptors (Lipinski definition) is 5. The van der Waals surface area contributed by atoms with Crippen LogP contribution in [0.15, 0.2) is 12.3 Å². The molecule has 9 nitrogen and oxygen atoms in total. The molecule has 2 aromatic heterocycles. The van der Waals surface area contributed by atoms with Gasteiger partial charge >= 0.3 is 5.97 Å². The molecule has 0 aromatic carbocycles. The second-order valence-electron chi connectivity index (χ2n) is 4.41. The SMILES string of the molecule is CCn1nc(C)cc1C(=O)NCCn1cc(C(=O)O)nn1. The van der Waals surface area contributed by atoms with Crippen molar-refractivity contribution in [3.05, 3.63) is 29.3 Å². The van der Waals surface area contributed by atoms with Gasteiger partial charge in [0, 0.05) is 13.1 Å². The summed E-state index contributed by atoms with van der Waals surface area (Å²) in [6.07, 6.45) is 1.31. The van der Waals surface area contributed by atoms with Crippen molar-refractivity contribution in [2.24, 2.45) is 0 Å². The predicted molar refractivity (Wildman–Crippen MR) is 72.0 cm³/mol. The average Bonchev–Trinajstić information content (AvgIpc) is 3.05. The van der Waals surface area contributed by atoms with Gasteiger partial charge in [0.25, 0.3) is 5.91 Å². The minimum absolute atomic E-state index is 0.124. The summed E-state index contributed by atoms with van der Waals surface area (Å²) < 4.78 is 2.99. The number of carboxylic acids is 1. The summed E-state index contributed by atoms with van der Waals surface area (Å²) in [4.78, 5) is 22.7. The molecule has 9 heteroatoms. The van der Waals surface area contributed by atoms with E-state index >= 15 is 0 Å². The third-order valence-corrected chi connectivity index (χ3v) is 2.82. The lowest BCUT2D eigenvalue weighted by atomic mass is 10.3. The molecule has 0 fully saturated rings. The normalized spacial score (nSPS) is 10.6. The van der Waals surface area contributed by atoms with E-state index in [4.69, 9.17) is 5.11 Å². The number of carboxylic acid groups (broad SMARTS) is 1. The fourth-order valence-corrected chi connectivity index (χ4v) is 1.85. The Morgan fingerprint density at radius 1 is 1.43 bits per heavy atom. The first kappa shape index (κ1) is 14.7. The van der Waals surface area contributed by atoms with Crippen molar-refractivity contribution in [2.45, 2.75) is 26.9 Å². The van der Waals surface area contributed by atoms with Gasteiger partial charge in [-0.3, -0.25) is 9.48 Å². The van der Waals surface area contributed by atoms with E-state index in [1.165, 1.54) is 10.9 Å². The van der Waals surface area contributed by atoms with Crippen LogP contribution in [0, 0.1) is 6.92 Å². The molecule has 2 aromatic rings. The molecule has 0 saturated carbocycles. The van der Waals surface area contributed by atoms with E-state index in [1.807, 2.05) is 13.8 Å². The first-order chi connectivity index (χ1) is 10.0. The van der Waals surface area contributed by atoms with Crippen LogP contribution in [0.3, 0.4) is 0 Å². The Labute approximate surface area is 120 Å². The van der Waals surface area contributed by atoms with E-state index in [2.05, 4.69) is 20.7 Å². The van der Waals surface area contributed by atoms with Crippen molar-refractivity contribution in [3.63, 3.8) is 0 Å². The third-order valence-electron chi connectivity index (χ3n) is 2.82. The molecule has 0 aliphatic carbocycles. The molecule has 0 spiro atoms. The van der Waals surface area contributed by atoms with Gasteiger partial charge in [-0.1, -0.05) is 5.21 Å². The van der Waals surface area contributed by atoms with Crippen molar-refractivity contribution >= 4 is 11.9 Å². The molecular formula is C12H16N6O3. The summed E-state index contributed by atoms with van der Waals surface area (Å²) in [5, 5.41) is 22.8. The largest absolute Gasteiger partial charge is 0.476 e. The lowest BCUT2D eigenvalue weighted by Crippen LogP contribution is -2.29. The molecule has 2 heterocycles. The quantitative estimate of drug-likeness (QED) is 0.770. The molecule has 0 atom stereocenters. The Hall–Kier alpha value is -2.71. The van der Waals surface area contributed by atoms with E-state index in [-0.39, 0.29) is 11.6 Å². The number of carbonyl (C=O) groups is 2. The van der Waals surface area contributed by atoms with Crippen molar-refractivity contribution < 1.29 is 14.7 Å². The Morgan fingerprint density at radius 2 is 2.19 bits per heavy atom. The molecule has 112 valence electrons. The van der Waals surface area contributed by atoms with Crippen LogP contribution in [0.5, 0.6) is 0 Å². The summed E-state index contributed by atoms with van der Waals surface area (Å²) in [7, 11) is 0. The summed E-state index contributed by atoms with van der Waals surface area (Å²) in [6, 6.07) is 1.72. The second-order valence-corrected chi connectivity index (χ2v) is 4.41. The van der Waals surface area contributed by atoms with Crippen LogP contribution in [0.2, 0.25) is 0 Å². The first-order valence-corrected chi connectivity index (χ1v) is 6.47. The van der Waals surface area contributed by atoms with E-state index in [0.717, 1.165) is 5.69 Å². The Kier molecular flexibility index (Phi) is 4.31. The summed E-state index contributed by atoms with van der Waals surface area (Å²) in [6.45, 7) is 5.00. The fraction of sp³-hybridized carbons (Fsp3) is 0.417. The minimum Gasteiger partial charge on any atom is -0.476 e. The number of nitrogens with zero attached hydrogens (tertiary/aromatic N) is 5. The topological polar surface area (TPSA) is 115 Å². The van der Waals surface area contributed by atoms with Crippen molar-refractivity contribution in [2.75, 3.05) is 6.54 Å². The highest BCUT2D eigenvalue weighted by Crippen LogP contribution is 2.03. The standard InChI is InChI=1S/C12H16N6O3/c1-3-18-10(6-8(2)15-18)11(19)13-4-5-17-7-9(12(20)21)14-16-17/h6-7H,3-5H2,1-2H3,(H,13,19)(H,20,21). The zero-order chi connectivity index (χ0) is 15.4. The van der Waals surface area contributed by atoms with Gasteiger partial charge in [-0.2, -0.15) is 5.10 Å². The number of nitrogens with one attached hydrogen (secondary N) is 1. The van der Waals surface area contributed by atoms with E-state index < -0.39 is 5.97 Å². The highest BCUT2D eigenvalue weighted by Gasteiger charge is 2.13. The maximum atomic E-state index is 12.0. The zero-order valence-corrected chi connectivity index (χ0v) is 11.8. The van der Waals surface area contributed by atoms with Crippen LogP contribution in [-0.4, -0.2) is 48.3 Å². The molecule has 0 saturated heterocycles. The number of aromatic nitrogens is 5. The Bertz CT molecular complexity index is 660. The predicted octanol–water partition coefficient (Wildman–Crippen LogP) is -0.0689. The van der Waals surface area contributed by atoms with Crippen molar-refractivity contribution in [1.82, 2.24) is 30.1 Å². The van der Waals surface area contributed by atoms with Crippen LogP contribution < -0.4 is 5.32 Å². The molecule has 0 bridgehead atoms. The zero-order valence-electron chi connectivity index (χ0n) is 11.8. The number of rotatable bonds is 6. The molecule has 2 rings (SSSR count). The summed E-state index contributed by atoms with van der Waals surface area (Å²) in [5.74, 6) is -1.36. The average molecular weight is 292 g/mol. The number of aryl methyl sites for hydroxylation is 2. The van der Waals surface area contributed by atoms with Gasteiger partial charge in [0.05, 0.1) is 18.4 Å². The highest BCUT2D eigenvalue weighted by atomic mass is 16.4. The molecule has 1 amide bonds. The second kappa shape index (κ2) is 6.16. The Morgan fingerprint density at radius 3 is 2.81 bits per heavy atom.